The number of thioether (sulfide) groups is 1. The van der Waals surface area contributed by atoms with Gasteiger partial charge in [-0.2, -0.15) is 0 Å². The SMILES string of the molecule is CCOC(=O)C1=C(CSc2n[nH]c(CC)n2)NC(=O)NC1c1ccc(Cl)cc1. The van der Waals surface area contributed by atoms with Gasteiger partial charge in [-0.1, -0.05) is 42.4 Å². The molecule has 1 aliphatic rings. The molecule has 1 aliphatic heterocycles. The summed E-state index contributed by atoms with van der Waals surface area (Å²) in [7, 11) is 0. The molecule has 3 N–H and O–H groups in total. The maximum Gasteiger partial charge on any atom is 0.338 e. The zero-order valence-corrected chi connectivity index (χ0v) is 17.0. The number of H-pyrrole nitrogens is 1. The number of carbonyl (C=O) groups is 2. The van der Waals surface area contributed by atoms with Crippen LogP contribution in [0.25, 0.3) is 0 Å². The van der Waals surface area contributed by atoms with Crippen LogP contribution in [0.1, 0.15) is 31.3 Å². The number of halogens is 1. The van der Waals surface area contributed by atoms with Crippen LogP contribution in [0, 0.1) is 0 Å². The molecule has 1 unspecified atom stereocenters. The normalized spacial score (nSPS) is 16.5. The van der Waals surface area contributed by atoms with Gasteiger partial charge in [0.15, 0.2) is 0 Å². The highest BCUT2D eigenvalue weighted by atomic mass is 35.5. The summed E-state index contributed by atoms with van der Waals surface area (Å²) in [6, 6.07) is 5.92. The first kappa shape index (κ1) is 20.2. The van der Waals surface area contributed by atoms with Gasteiger partial charge in [-0.05, 0) is 24.6 Å². The van der Waals surface area contributed by atoms with Gasteiger partial charge in [0.05, 0.1) is 18.2 Å². The Morgan fingerprint density at radius 3 is 2.68 bits per heavy atom. The standard InChI is InChI=1S/C18H20ClN5O3S/c1-3-13-21-18(24-23-13)28-9-12-14(16(25)27-4-2)15(22-17(26)20-12)10-5-7-11(19)8-6-10/h5-8,15H,3-4,9H2,1-2H3,(H2,20,22,26)(H,21,23,24). The third-order valence-electron chi connectivity index (χ3n) is 4.04. The quantitative estimate of drug-likeness (QED) is 0.468. The van der Waals surface area contributed by atoms with Gasteiger partial charge in [0, 0.05) is 22.9 Å². The van der Waals surface area contributed by atoms with E-state index in [4.69, 9.17) is 16.3 Å². The molecule has 2 amide bonds. The molecule has 0 saturated heterocycles. The Morgan fingerprint density at radius 1 is 1.29 bits per heavy atom. The van der Waals surface area contributed by atoms with E-state index >= 15 is 0 Å². The summed E-state index contributed by atoms with van der Waals surface area (Å²) in [5.41, 5.74) is 1.55. The number of ether oxygens (including phenoxy) is 1. The van der Waals surface area contributed by atoms with Crippen molar-refractivity contribution in [2.24, 2.45) is 0 Å². The first-order chi connectivity index (χ1) is 13.5. The minimum Gasteiger partial charge on any atom is -0.463 e. The highest BCUT2D eigenvalue weighted by Gasteiger charge is 2.33. The zero-order chi connectivity index (χ0) is 20.1. The number of aromatic nitrogens is 3. The largest absolute Gasteiger partial charge is 0.463 e. The summed E-state index contributed by atoms with van der Waals surface area (Å²) in [5, 5.41) is 13.6. The molecule has 0 saturated carbocycles. The van der Waals surface area contributed by atoms with Gasteiger partial charge < -0.3 is 15.4 Å². The Morgan fingerprint density at radius 2 is 2.04 bits per heavy atom. The number of rotatable bonds is 7. The van der Waals surface area contributed by atoms with Crippen molar-refractivity contribution in [3.8, 4) is 0 Å². The second-order valence-corrected chi connectivity index (χ2v) is 7.28. The number of hydrogen-bond acceptors (Lipinski definition) is 6. The summed E-state index contributed by atoms with van der Waals surface area (Å²) >= 11 is 7.29. The van der Waals surface area contributed by atoms with Crippen LogP contribution >= 0.6 is 23.4 Å². The fourth-order valence-electron chi connectivity index (χ4n) is 2.72. The van der Waals surface area contributed by atoms with E-state index in [1.807, 2.05) is 6.92 Å². The van der Waals surface area contributed by atoms with Gasteiger partial charge >= 0.3 is 12.0 Å². The van der Waals surface area contributed by atoms with Crippen LogP contribution in [0.2, 0.25) is 5.02 Å². The number of hydrogen-bond donors (Lipinski definition) is 3. The number of aromatic amines is 1. The molecule has 1 atom stereocenters. The van der Waals surface area contributed by atoms with Crippen molar-refractivity contribution in [1.82, 2.24) is 25.8 Å². The molecule has 2 heterocycles. The molecule has 0 fully saturated rings. The van der Waals surface area contributed by atoms with Crippen LogP contribution in [0.5, 0.6) is 0 Å². The molecule has 10 heteroatoms. The van der Waals surface area contributed by atoms with Crippen molar-refractivity contribution in [3.05, 3.63) is 51.9 Å². The molecular weight excluding hydrogens is 402 g/mol. The van der Waals surface area contributed by atoms with Crippen molar-refractivity contribution < 1.29 is 14.3 Å². The highest BCUT2D eigenvalue weighted by Crippen LogP contribution is 2.30. The van der Waals surface area contributed by atoms with Crippen LogP contribution in [-0.2, 0) is 16.0 Å². The topological polar surface area (TPSA) is 109 Å². The first-order valence-electron chi connectivity index (χ1n) is 8.79. The van der Waals surface area contributed by atoms with Crippen LogP contribution in [0.3, 0.4) is 0 Å². The van der Waals surface area contributed by atoms with Crippen molar-refractivity contribution in [1.29, 1.82) is 0 Å². The Hall–Kier alpha value is -2.52. The molecule has 28 heavy (non-hydrogen) atoms. The van der Waals surface area contributed by atoms with E-state index in [1.54, 1.807) is 31.2 Å². The molecule has 3 rings (SSSR count). The molecule has 1 aromatic carbocycles. The third-order valence-corrected chi connectivity index (χ3v) is 5.17. The van der Waals surface area contributed by atoms with Crippen molar-refractivity contribution in [2.45, 2.75) is 31.5 Å². The number of aryl methyl sites for hydroxylation is 1. The molecule has 1 aromatic heterocycles. The van der Waals surface area contributed by atoms with E-state index in [-0.39, 0.29) is 6.61 Å². The van der Waals surface area contributed by atoms with Gasteiger partial charge in [0.2, 0.25) is 5.16 Å². The van der Waals surface area contributed by atoms with Crippen molar-refractivity contribution >= 4 is 35.4 Å². The number of nitrogens with zero attached hydrogens (tertiary/aromatic N) is 2. The average Bonchev–Trinajstić information content (AvgIpc) is 3.14. The van der Waals surface area contributed by atoms with Crippen LogP contribution in [0.15, 0.2) is 40.7 Å². The Bertz CT molecular complexity index is 897. The Balaban J connectivity index is 1.93. The second kappa shape index (κ2) is 9.11. The number of urea groups is 1. The fourth-order valence-corrected chi connectivity index (χ4v) is 3.64. The van der Waals surface area contributed by atoms with Crippen LogP contribution < -0.4 is 10.6 Å². The second-order valence-electron chi connectivity index (χ2n) is 5.90. The summed E-state index contributed by atoms with van der Waals surface area (Å²) in [6.45, 7) is 3.93. The summed E-state index contributed by atoms with van der Waals surface area (Å²) < 4.78 is 5.24. The van der Waals surface area contributed by atoms with Crippen molar-refractivity contribution in [2.75, 3.05) is 12.4 Å². The van der Waals surface area contributed by atoms with Crippen molar-refractivity contribution in [3.63, 3.8) is 0 Å². The van der Waals surface area contributed by atoms with Gasteiger partial charge in [-0.25, -0.2) is 14.6 Å². The average molecular weight is 422 g/mol. The lowest BCUT2D eigenvalue weighted by atomic mass is 9.95. The summed E-state index contributed by atoms with van der Waals surface area (Å²) in [6.07, 6.45) is 0.740. The van der Waals surface area contributed by atoms with E-state index in [2.05, 4.69) is 25.8 Å². The number of carbonyl (C=O) groups excluding carboxylic acids is 2. The maximum absolute atomic E-state index is 12.7. The molecule has 0 bridgehead atoms. The third kappa shape index (κ3) is 4.66. The highest BCUT2D eigenvalue weighted by molar-refractivity contribution is 7.99. The van der Waals surface area contributed by atoms with E-state index in [0.29, 0.717) is 27.2 Å². The van der Waals surface area contributed by atoms with Gasteiger partial charge in [0.25, 0.3) is 0 Å². The smallest absolute Gasteiger partial charge is 0.338 e. The fraction of sp³-hybridized carbons (Fsp3) is 0.333. The van der Waals surface area contributed by atoms with Gasteiger partial charge in [-0.15, -0.1) is 5.10 Å². The molecule has 0 radical (unpaired) electrons. The Kier molecular flexibility index (Phi) is 6.58. The lowest BCUT2D eigenvalue weighted by Crippen LogP contribution is -2.46. The lowest BCUT2D eigenvalue weighted by Gasteiger charge is -2.29. The number of nitrogens with one attached hydrogen (secondary N) is 3. The van der Waals surface area contributed by atoms with Gasteiger partial charge in [-0.3, -0.25) is 5.10 Å². The van der Waals surface area contributed by atoms with Crippen LogP contribution in [-0.4, -0.2) is 39.5 Å². The number of amides is 2. The minimum absolute atomic E-state index is 0.227. The summed E-state index contributed by atoms with van der Waals surface area (Å²) in [4.78, 5) is 29.3. The monoisotopic (exact) mass is 421 g/mol. The Labute approximate surface area is 171 Å². The molecule has 0 aliphatic carbocycles. The molecule has 148 valence electrons. The zero-order valence-electron chi connectivity index (χ0n) is 15.4. The first-order valence-corrected chi connectivity index (χ1v) is 10.1. The van der Waals surface area contributed by atoms with E-state index in [1.165, 1.54) is 11.8 Å². The molecule has 0 spiro atoms. The van der Waals surface area contributed by atoms with E-state index in [9.17, 15) is 9.59 Å². The van der Waals surface area contributed by atoms with Gasteiger partial charge in [0.1, 0.15) is 5.82 Å². The predicted octanol–water partition coefficient (Wildman–Crippen LogP) is 2.98. The number of esters is 1. The van der Waals surface area contributed by atoms with E-state index < -0.39 is 18.0 Å². The predicted molar refractivity (Wildman–Crippen MR) is 106 cm³/mol. The maximum atomic E-state index is 12.7. The molecular formula is C18H20ClN5O3S. The molecule has 2 aromatic rings. The summed E-state index contributed by atoms with van der Waals surface area (Å²) in [5.74, 6) is 0.595. The lowest BCUT2D eigenvalue weighted by molar-refractivity contribution is -0.139. The minimum atomic E-state index is -0.640. The number of benzene rings is 1. The van der Waals surface area contributed by atoms with E-state index in [0.717, 1.165) is 17.8 Å². The van der Waals surface area contributed by atoms with Crippen LogP contribution in [0.4, 0.5) is 4.79 Å². The molecule has 8 nitrogen and oxygen atoms in total.